The molecule has 0 fully saturated rings. The normalized spacial score (nSPS) is 11.2. The van der Waals surface area contributed by atoms with E-state index in [1.165, 1.54) is 5.69 Å². The highest BCUT2D eigenvalue weighted by Crippen LogP contribution is 2.24. The Hall–Kier alpha value is -0.350. The van der Waals surface area contributed by atoms with Crippen LogP contribution in [0.3, 0.4) is 0 Å². The summed E-state index contributed by atoms with van der Waals surface area (Å²) in [6.07, 6.45) is 0.835. The van der Waals surface area contributed by atoms with E-state index in [9.17, 15) is 0 Å². The van der Waals surface area contributed by atoms with Crippen molar-refractivity contribution >= 4 is 15.9 Å². The topological polar surface area (TPSA) is 43.8 Å². The van der Waals surface area contributed by atoms with Crippen LogP contribution >= 0.6 is 15.9 Å². The first-order valence-corrected chi connectivity index (χ1v) is 5.28. The van der Waals surface area contributed by atoms with E-state index in [1.54, 1.807) is 0 Å². The van der Waals surface area contributed by atoms with E-state index in [0.717, 1.165) is 16.8 Å². The SMILES string of the molecule is CC(C)c1c(Br)nc(CCN)n1C. The molecule has 4 heteroatoms. The molecule has 0 aliphatic rings. The average molecular weight is 246 g/mol. The number of hydrogen-bond acceptors (Lipinski definition) is 2. The second kappa shape index (κ2) is 4.24. The second-order valence-corrected chi connectivity index (χ2v) is 4.21. The predicted octanol–water partition coefficient (Wildman–Crippen LogP) is 1.81. The van der Waals surface area contributed by atoms with Crippen LogP contribution in [0.4, 0.5) is 0 Å². The summed E-state index contributed by atoms with van der Waals surface area (Å²) in [7, 11) is 2.04. The van der Waals surface area contributed by atoms with Gasteiger partial charge >= 0.3 is 0 Å². The Labute approximate surface area is 87.5 Å². The van der Waals surface area contributed by atoms with Crippen molar-refractivity contribution in [3.05, 3.63) is 16.1 Å². The zero-order valence-electron chi connectivity index (χ0n) is 8.34. The molecule has 3 nitrogen and oxygen atoms in total. The van der Waals surface area contributed by atoms with Gasteiger partial charge in [0.15, 0.2) is 0 Å². The van der Waals surface area contributed by atoms with Crippen LogP contribution in [0.2, 0.25) is 0 Å². The van der Waals surface area contributed by atoms with Gasteiger partial charge in [0.25, 0.3) is 0 Å². The van der Waals surface area contributed by atoms with Crippen molar-refractivity contribution in [1.29, 1.82) is 0 Å². The smallest absolute Gasteiger partial charge is 0.127 e. The van der Waals surface area contributed by atoms with E-state index >= 15 is 0 Å². The number of aromatic nitrogens is 2. The van der Waals surface area contributed by atoms with Crippen LogP contribution in [-0.2, 0) is 13.5 Å². The third-order valence-corrected chi connectivity index (χ3v) is 2.69. The zero-order valence-corrected chi connectivity index (χ0v) is 9.93. The van der Waals surface area contributed by atoms with Gasteiger partial charge in [-0.3, -0.25) is 0 Å². The summed E-state index contributed by atoms with van der Waals surface area (Å²) in [5.41, 5.74) is 6.74. The van der Waals surface area contributed by atoms with Crippen LogP contribution in [0.5, 0.6) is 0 Å². The molecular formula is C9H16BrN3. The highest BCUT2D eigenvalue weighted by molar-refractivity contribution is 9.10. The van der Waals surface area contributed by atoms with E-state index in [4.69, 9.17) is 5.73 Å². The Morgan fingerprint density at radius 2 is 2.15 bits per heavy atom. The van der Waals surface area contributed by atoms with E-state index in [1.807, 2.05) is 7.05 Å². The molecule has 1 heterocycles. The van der Waals surface area contributed by atoms with Crippen molar-refractivity contribution in [3.63, 3.8) is 0 Å². The molecule has 0 aromatic carbocycles. The Balaban J connectivity index is 3.07. The summed E-state index contributed by atoms with van der Waals surface area (Å²) in [4.78, 5) is 4.42. The van der Waals surface area contributed by atoms with Crippen LogP contribution in [-0.4, -0.2) is 16.1 Å². The van der Waals surface area contributed by atoms with Gasteiger partial charge in [-0.15, -0.1) is 0 Å². The molecule has 0 saturated heterocycles. The van der Waals surface area contributed by atoms with Gasteiger partial charge in [-0.05, 0) is 28.4 Å². The van der Waals surface area contributed by atoms with Crippen LogP contribution in [0.15, 0.2) is 4.60 Å². The summed E-state index contributed by atoms with van der Waals surface area (Å²) in [6, 6.07) is 0. The lowest BCUT2D eigenvalue weighted by atomic mass is 10.1. The maximum Gasteiger partial charge on any atom is 0.127 e. The number of nitrogens with zero attached hydrogens (tertiary/aromatic N) is 2. The summed E-state index contributed by atoms with van der Waals surface area (Å²) in [5, 5.41) is 0. The van der Waals surface area contributed by atoms with Crippen LogP contribution in [0.25, 0.3) is 0 Å². The van der Waals surface area contributed by atoms with Crippen molar-refractivity contribution in [2.24, 2.45) is 12.8 Å². The van der Waals surface area contributed by atoms with Gasteiger partial charge in [-0.25, -0.2) is 4.98 Å². The van der Waals surface area contributed by atoms with Gasteiger partial charge in [-0.1, -0.05) is 13.8 Å². The predicted molar refractivity (Wildman–Crippen MR) is 57.8 cm³/mol. The molecule has 1 aromatic rings. The molecule has 2 N–H and O–H groups in total. The summed E-state index contributed by atoms with van der Waals surface area (Å²) < 4.78 is 3.08. The van der Waals surface area contributed by atoms with Crippen molar-refractivity contribution < 1.29 is 0 Å². The minimum absolute atomic E-state index is 0.485. The molecule has 1 rings (SSSR count). The molecule has 0 unspecified atom stereocenters. The minimum Gasteiger partial charge on any atom is -0.334 e. The maximum absolute atomic E-state index is 5.50. The fourth-order valence-corrected chi connectivity index (χ4v) is 2.43. The van der Waals surface area contributed by atoms with Gasteiger partial charge < -0.3 is 10.3 Å². The highest BCUT2D eigenvalue weighted by atomic mass is 79.9. The molecule has 0 spiro atoms. The van der Waals surface area contributed by atoms with Crippen LogP contribution < -0.4 is 5.73 Å². The molecule has 0 radical (unpaired) electrons. The first kappa shape index (κ1) is 10.7. The monoisotopic (exact) mass is 245 g/mol. The zero-order chi connectivity index (χ0) is 10.0. The van der Waals surface area contributed by atoms with E-state index in [2.05, 4.69) is 39.3 Å². The average Bonchev–Trinajstić information content (AvgIpc) is 2.28. The molecular weight excluding hydrogens is 230 g/mol. The Kier molecular flexibility index (Phi) is 3.50. The Morgan fingerprint density at radius 3 is 2.54 bits per heavy atom. The molecule has 0 bridgehead atoms. The van der Waals surface area contributed by atoms with Crippen LogP contribution in [0.1, 0.15) is 31.3 Å². The number of imidazole rings is 1. The fraction of sp³-hybridized carbons (Fsp3) is 0.667. The highest BCUT2D eigenvalue weighted by Gasteiger charge is 2.14. The maximum atomic E-state index is 5.50. The summed E-state index contributed by atoms with van der Waals surface area (Å²) >= 11 is 3.47. The Morgan fingerprint density at radius 1 is 1.54 bits per heavy atom. The molecule has 0 atom stereocenters. The molecule has 0 amide bonds. The van der Waals surface area contributed by atoms with Gasteiger partial charge in [0.2, 0.25) is 0 Å². The largest absolute Gasteiger partial charge is 0.334 e. The van der Waals surface area contributed by atoms with E-state index in [0.29, 0.717) is 12.5 Å². The lowest BCUT2D eigenvalue weighted by Crippen LogP contribution is -2.09. The molecule has 13 heavy (non-hydrogen) atoms. The summed E-state index contributed by atoms with van der Waals surface area (Å²) in [5.74, 6) is 1.54. The standard InChI is InChI=1S/C9H16BrN3/c1-6(2)8-9(10)12-7(4-5-11)13(8)3/h6H,4-5,11H2,1-3H3. The molecule has 1 aromatic heterocycles. The fourth-order valence-electron chi connectivity index (χ4n) is 1.50. The van der Waals surface area contributed by atoms with Crippen molar-refractivity contribution in [3.8, 4) is 0 Å². The lowest BCUT2D eigenvalue weighted by molar-refractivity contribution is 0.698. The van der Waals surface area contributed by atoms with Gasteiger partial charge in [-0.2, -0.15) is 0 Å². The third-order valence-electron chi connectivity index (χ3n) is 2.10. The first-order chi connectivity index (χ1) is 6.07. The number of halogens is 1. The van der Waals surface area contributed by atoms with E-state index in [-0.39, 0.29) is 0 Å². The van der Waals surface area contributed by atoms with E-state index < -0.39 is 0 Å². The minimum atomic E-state index is 0.485. The Bertz CT molecular complexity index is 291. The number of rotatable bonds is 3. The molecule has 0 aliphatic heterocycles. The third kappa shape index (κ3) is 2.11. The second-order valence-electron chi connectivity index (χ2n) is 3.46. The molecule has 0 saturated carbocycles. The lowest BCUT2D eigenvalue weighted by Gasteiger charge is -2.08. The summed E-state index contributed by atoms with van der Waals surface area (Å²) in [6.45, 7) is 4.97. The van der Waals surface area contributed by atoms with Crippen molar-refractivity contribution in [1.82, 2.24) is 9.55 Å². The van der Waals surface area contributed by atoms with Gasteiger partial charge in [0.05, 0.1) is 5.69 Å². The first-order valence-electron chi connectivity index (χ1n) is 4.49. The number of nitrogens with two attached hydrogens (primary N) is 1. The van der Waals surface area contributed by atoms with Crippen molar-refractivity contribution in [2.75, 3.05) is 6.54 Å². The quantitative estimate of drug-likeness (QED) is 0.883. The van der Waals surface area contributed by atoms with Crippen LogP contribution in [0, 0.1) is 0 Å². The van der Waals surface area contributed by atoms with Gasteiger partial charge in [0, 0.05) is 13.5 Å². The van der Waals surface area contributed by atoms with Gasteiger partial charge in [0.1, 0.15) is 10.4 Å². The van der Waals surface area contributed by atoms with Crippen molar-refractivity contribution in [2.45, 2.75) is 26.2 Å². The molecule has 0 aliphatic carbocycles. The molecule has 74 valence electrons. The number of hydrogen-bond donors (Lipinski definition) is 1.